The van der Waals surface area contributed by atoms with Crippen LogP contribution >= 0.6 is 0 Å². The number of rotatable bonds is 8. The molecule has 0 aromatic rings. The van der Waals surface area contributed by atoms with E-state index in [9.17, 15) is 14.4 Å². The average molecular weight is 270 g/mol. The fourth-order valence-electron chi connectivity index (χ4n) is 1.41. The van der Waals surface area contributed by atoms with E-state index < -0.39 is 5.54 Å². The summed E-state index contributed by atoms with van der Waals surface area (Å²) in [6.07, 6.45) is 3.43. The van der Waals surface area contributed by atoms with E-state index in [2.05, 4.69) is 5.32 Å². The number of nitrogens with one attached hydrogen (secondary N) is 1. The molecule has 0 aliphatic carbocycles. The van der Waals surface area contributed by atoms with Gasteiger partial charge in [0.2, 0.25) is 11.8 Å². The molecule has 2 N–H and O–H groups in total. The monoisotopic (exact) mass is 270 g/mol. The number of amides is 2. The number of hydrogen-bond acceptors (Lipinski definition) is 4. The standard InChI is InChI=1S/C13H22N2O4/c1-13(2,7-10-17)14-11(18)6-8-15(3)12(19)5-4-9-16/h4-5,9,17H,6-8,10H2,1-3H3,(H,14,18)/b5-4-. The minimum absolute atomic E-state index is 0.00214. The first kappa shape index (κ1) is 17.3. The van der Waals surface area contributed by atoms with Crippen molar-refractivity contribution >= 4 is 18.1 Å². The lowest BCUT2D eigenvalue weighted by Crippen LogP contribution is -2.45. The van der Waals surface area contributed by atoms with Gasteiger partial charge in [0.15, 0.2) is 0 Å². The summed E-state index contributed by atoms with van der Waals surface area (Å²) in [4.78, 5) is 34.5. The fourth-order valence-corrected chi connectivity index (χ4v) is 1.41. The quantitative estimate of drug-likeness (QED) is 0.475. The number of carbonyl (C=O) groups excluding carboxylic acids is 3. The van der Waals surface area contributed by atoms with Gasteiger partial charge in [-0.2, -0.15) is 0 Å². The summed E-state index contributed by atoms with van der Waals surface area (Å²) in [5.41, 5.74) is -0.466. The first-order valence-corrected chi connectivity index (χ1v) is 6.11. The minimum atomic E-state index is -0.466. The molecule has 0 aliphatic rings. The van der Waals surface area contributed by atoms with Crippen LogP contribution in [0.25, 0.3) is 0 Å². The lowest BCUT2D eigenvalue weighted by atomic mass is 10.0. The number of aliphatic hydroxyl groups is 1. The normalized spacial score (nSPS) is 11.4. The van der Waals surface area contributed by atoms with Crippen LogP contribution in [-0.2, 0) is 14.4 Å². The molecule has 0 aliphatic heterocycles. The summed E-state index contributed by atoms with van der Waals surface area (Å²) in [7, 11) is 1.56. The van der Waals surface area contributed by atoms with E-state index in [4.69, 9.17) is 5.11 Å². The van der Waals surface area contributed by atoms with Crippen LogP contribution in [0.5, 0.6) is 0 Å². The highest BCUT2D eigenvalue weighted by atomic mass is 16.3. The number of aldehydes is 1. The number of carbonyl (C=O) groups is 3. The van der Waals surface area contributed by atoms with Gasteiger partial charge < -0.3 is 15.3 Å². The van der Waals surface area contributed by atoms with Crippen molar-refractivity contribution in [2.24, 2.45) is 0 Å². The van der Waals surface area contributed by atoms with Crippen molar-refractivity contribution in [3.8, 4) is 0 Å². The second-order valence-electron chi connectivity index (χ2n) is 4.91. The molecule has 19 heavy (non-hydrogen) atoms. The minimum Gasteiger partial charge on any atom is -0.396 e. The highest BCUT2D eigenvalue weighted by molar-refractivity contribution is 5.91. The third kappa shape index (κ3) is 8.10. The largest absolute Gasteiger partial charge is 0.396 e. The Morgan fingerprint density at radius 3 is 2.53 bits per heavy atom. The van der Waals surface area contributed by atoms with Crippen molar-refractivity contribution < 1.29 is 19.5 Å². The summed E-state index contributed by atoms with van der Waals surface area (Å²) < 4.78 is 0. The van der Waals surface area contributed by atoms with E-state index in [0.717, 1.165) is 12.2 Å². The molecule has 0 aromatic heterocycles. The maximum Gasteiger partial charge on any atom is 0.246 e. The second-order valence-corrected chi connectivity index (χ2v) is 4.91. The zero-order chi connectivity index (χ0) is 14.9. The van der Waals surface area contributed by atoms with Gasteiger partial charge in [-0.25, -0.2) is 0 Å². The summed E-state index contributed by atoms with van der Waals surface area (Å²) >= 11 is 0. The van der Waals surface area contributed by atoms with Crippen molar-refractivity contribution in [3.63, 3.8) is 0 Å². The molecule has 0 heterocycles. The van der Waals surface area contributed by atoms with Gasteiger partial charge in [0.1, 0.15) is 6.29 Å². The van der Waals surface area contributed by atoms with Crippen molar-refractivity contribution in [2.75, 3.05) is 20.2 Å². The lowest BCUT2D eigenvalue weighted by molar-refractivity contribution is -0.126. The Morgan fingerprint density at radius 1 is 1.37 bits per heavy atom. The molecule has 6 heteroatoms. The summed E-state index contributed by atoms with van der Waals surface area (Å²) in [5, 5.41) is 11.6. The molecule has 0 bridgehead atoms. The van der Waals surface area contributed by atoms with Gasteiger partial charge in [0.05, 0.1) is 0 Å². The average Bonchev–Trinajstić information content (AvgIpc) is 2.32. The molecule has 0 saturated heterocycles. The Morgan fingerprint density at radius 2 is 2.00 bits per heavy atom. The summed E-state index contributed by atoms with van der Waals surface area (Å²) in [5.74, 6) is -0.507. The molecule has 0 fully saturated rings. The van der Waals surface area contributed by atoms with Crippen molar-refractivity contribution in [2.45, 2.75) is 32.2 Å². The molecule has 0 radical (unpaired) electrons. The molecule has 0 saturated carbocycles. The Labute approximate surface area is 113 Å². The van der Waals surface area contributed by atoms with Gasteiger partial charge in [-0.3, -0.25) is 14.4 Å². The van der Waals surface area contributed by atoms with Crippen LogP contribution in [0.3, 0.4) is 0 Å². The first-order valence-electron chi connectivity index (χ1n) is 6.11. The van der Waals surface area contributed by atoms with Crippen LogP contribution in [0.4, 0.5) is 0 Å². The van der Waals surface area contributed by atoms with E-state index in [1.54, 1.807) is 7.05 Å². The van der Waals surface area contributed by atoms with Gasteiger partial charge >= 0.3 is 0 Å². The molecule has 0 aromatic carbocycles. The zero-order valence-electron chi connectivity index (χ0n) is 11.7. The number of likely N-dealkylation sites (N-methyl/N-ethyl adjacent to an activating group) is 1. The highest BCUT2D eigenvalue weighted by Crippen LogP contribution is 2.07. The number of aliphatic hydroxyl groups excluding tert-OH is 1. The first-order chi connectivity index (χ1) is 8.82. The second kappa shape index (κ2) is 8.42. The van der Waals surface area contributed by atoms with E-state index in [0.29, 0.717) is 12.7 Å². The molecule has 0 rings (SSSR count). The van der Waals surface area contributed by atoms with Gasteiger partial charge in [-0.1, -0.05) is 0 Å². The van der Waals surface area contributed by atoms with Crippen LogP contribution in [-0.4, -0.2) is 53.8 Å². The zero-order valence-corrected chi connectivity index (χ0v) is 11.7. The Bertz CT molecular complexity index is 351. The Balaban J connectivity index is 4.12. The summed E-state index contributed by atoms with van der Waals surface area (Å²) in [6.45, 7) is 3.91. The third-order valence-electron chi connectivity index (χ3n) is 2.58. The van der Waals surface area contributed by atoms with Crippen LogP contribution in [0, 0.1) is 0 Å². The molecule has 0 atom stereocenters. The molecule has 6 nitrogen and oxygen atoms in total. The molecular weight excluding hydrogens is 248 g/mol. The van der Waals surface area contributed by atoms with Crippen LogP contribution in [0.2, 0.25) is 0 Å². The predicted octanol–water partition coefficient (Wildman–Crippen LogP) is -0.133. The van der Waals surface area contributed by atoms with Gasteiger partial charge in [0.25, 0.3) is 0 Å². The predicted molar refractivity (Wildman–Crippen MR) is 71.4 cm³/mol. The Hall–Kier alpha value is -1.69. The van der Waals surface area contributed by atoms with E-state index >= 15 is 0 Å². The summed E-state index contributed by atoms with van der Waals surface area (Å²) in [6, 6.07) is 0. The number of allylic oxidation sites excluding steroid dienone is 1. The van der Waals surface area contributed by atoms with Crippen LogP contribution in [0.1, 0.15) is 26.7 Å². The van der Waals surface area contributed by atoms with Crippen molar-refractivity contribution in [1.29, 1.82) is 0 Å². The molecule has 0 spiro atoms. The number of hydrogen-bond donors (Lipinski definition) is 2. The SMILES string of the molecule is CN(CCC(=O)NC(C)(C)CCO)C(=O)/C=C\C=O. The lowest BCUT2D eigenvalue weighted by Gasteiger charge is -2.26. The fraction of sp³-hybridized carbons (Fsp3) is 0.615. The maximum atomic E-state index is 11.7. The number of nitrogens with zero attached hydrogens (tertiary/aromatic N) is 1. The van der Waals surface area contributed by atoms with Gasteiger partial charge in [-0.05, 0) is 26.3 Å². The third-order valence-corrected chi connectivity index (χ3v) is 2.58. The van der Waals surface area contributed by atoms with E-state index in [-0.39, 0.29) is 31.4 Å². The van der Waals surface area contributed by atoms with Crippen molar-refractivity contribution in [3.05, 3.63) is 12.2 Å². The topological polar surface area (TPSA) is 86.7 Å². The molecule has 2 amide bonds. The highest BCUT2D eigenvalue weighted by Gasteiger charge is 2.19. The van der Waals surface area contributed by atoms with Crippen LogP contribution in [0.15, 0.2) is 12.2 Å². The molecule has 108 valence electrons. The van der Waals surface area contributed by atoms with E-state index in [1.165, 1.54) is 4.90 Å². The van der Waals surface area contributed by atoms with Gasteiger partial charge in [-0.15, -0.1) is 0 Å². The smallest absolute Gasteiger partial charge is 0.246 e. The van der Waals surface area contributed by atoms with Crippen LogP contribution < -0.4 is 5.32 Å². The molecule has 0 unspecified atom stereocenters. The van der Waals surface area contributed by atoms with Crippen molar-refractivity contribution in [1.82, 2.24) is 10.2 Å². The van der Waals surface area contributed by atoms with E-state index in [1.807, 2.05) is 13.8 Å². The van der Waals surface area contributed by atoms with Gasteiger partial charge in [0, 0.05) is 38.2 Å². The maximum absolute atomic E-state index is 11.7. The molecular formula is C13H22N2O4. The Kier molecular flexibility index (Phi) is 7.67.